The Hall–Kier alpha value is -3.73. The number of aliphatic imine (C=N–C) groups is 1. The van der Waals surface area contributed by atoms with Crippen molar-refractivity contribution in [2.45, 2.75) is 70.7 Å². The van der Waals surface area contributed by atoms with Crippen LogP contribution in [0.1, 0.15) is 75.7 Å². The van der Waals surface area contributed by atoms with Crippen molar-refractivity contribution in [2.24, 2.45) is 10.9 Å². The third kappa shape index (κ3) is 6.35. The highest BCUT2D eigenvalue weighted by Gasteiger charge is 2.35. The highest BCUT2D eigenvalue weighted by Crippen LogP contribution is 2.34. The van der Waals surface area contributed by atoms with Gasteiger partial charge in [0.1, 0.15) is 0 Å². The number of nitrogens with zero attached hydrogens (tertiary/aromatic N) is 2. The molecule has 11 heteroatoms. The zero-order valence-corrected chi connectivity index (χ0v) is 24.2. The summed E-state index contributed by atoms with van der Waals surface area (Å²) in [5, 5.41) is 5.37. The first kappa shape index (κ1) is 29.3. The average Bonchev–Trinajstić information content (AvgIpc) is 3.40. The molecule has 1 saturated carbocycles. The standard InChI is InChI=1S/C29H37N5O5S/c1-5-17-34-23-16-9-8-15-22(23)24(19-11-6-7-12-19)31-25(27(34)36)32-28(37)30-21-14-10-13-20(18-21)26(35)33-40(38,39)29(2,3)4/h8-10,13-16,18-19,25H,5-7,11-12,17H2,1-4H3,(H,33,35)(H2,30,32,37)/t25-/m0/s1. The number of hydrogen-bond donors (Lipinski definition) is 3. The van der Waals surface area contributed by atoms with Gasteiger partial charge in [0, 0.05) is 29.3 Å². The number of anilines is 2. The van der Waals surface area contributed by atoms with E-state index in [0.717, 1.165) is 49.1 Å². The van der Waals surface area contributed by atoms with Gasteiger partial charge in [-0.2, -0.15) is 0 Å². The SMILES string of the molecule is CCCN1C(=O)[C@H](NC(=O)Nc2cccc(C(=O)NS(=O)(=O)C(C)(C)C)c2)N=C(C2CCCC2)c2ccccc21. The van der Waals surface area contributed by atoms with E-state index in [9.17, 15) is 22.8 Å². The summed E-state index contributed by atoms with van der Waals surface area (Å²) in [6.07, 6.45) is 3.76. The Morgan fingerprint density at radius 3 is 2.42 bits per heavy atom. The van der Waals surface area contributed by atoms with Gasteiger partial charge in [-0.3, -0.25) is 14.6 Å². The van der Waals surface area contributed by atoms with E-state index in [2.05, 4.69) is 15.4 Å². The topological polar surface area (TPSA) is 137 Å². The Kier molecular flexibility index (Phi) is 8.62. The van der Waals surface area contributed by atoms with E-state index < -0.39 is 32.9 Å². The molecular weight excluding hydrogens is 530 g/mol. The summed E-state index contributed by atoms with van der Waals surface area (Å²) in [6.45, 7) is 6.93. The molecule has 4 amide bonds. The summed E-state index contributed by atoms with van der Waals surface area (Å²) in [5.74, 6) is -0.919. The maximum absolute atomic E-state index is 13.7. The number of carbonyl (C=O) groups excluding carboxylic acids is 3. The van der Waals surface area contributed by atoms with E-state index in [1.54, 1.807) is 11.0 Å². The van der Waals surface area contributed by atoms with Crippen LogP contribution >= 0.6 is 0 Å². The van der Waals surface area contributed by atoms with E-state index in [-0.39, 0.29) is 23.1 Å². The quantitative estimate of drug-likeness (QED) is 0.455. The molecule has 2 aliphatic rings. The lowest BCUT2D eigenvalue weighted by molar-refractivity contribution is -0.120. The van der Waals surface area contributed by atoms with Gasteiger partial charge >= 0.3 is 6.03 Å². The monoisotopic (exact) mass is 567 g/mol. The lowest BCUT2D eigenvalue weighted by Gasteiger charge is -2.25. The van der Waals surface area contributed by atoms with E-state index in [1.165, 1.54) is 39.0 Å². The second-order valence-corrected chi connectivity index (χ2v) is 13.6. The molecule has 0 spiro atoms. The van der Waals surface area contributed by atoms with Crippen LogP contribution in [0, 0.1) is 5.92 Å². The third-order valence-electron chi connectivity index (χ3n) is 7.11. The summed E-state index contributed by atoms with van der Waals surface area (Å²) in [7, 11) is -3.91. The van der Waals surface area contributed by atoms with Gasteiger partial charge in [-0.05, 0) is 64.3 Å². The zero-order chi connectivity index (χ0) is 29.1. The van der Waals surface area contributed by atoms with Crippen LogP contribution in [0.15, 0.2) is 53.5 Å². The van der Waals surface area contributed by atoms with Crippen LogP contribution in [0.5, 0.6) is 0 Å². The minimum atomic E-state index is -3.91. The maximum Gasteiger partial charge on any atom is 0.321 e. The van der Waals surface area contributed by atoms with Gasteiger partial charge in [0.2, 0.25) is 16.2 Å². The van der Waals surface area contributed by atoms with E-state index in [0.29, 0.717) is 6.54 Å². The number of carbonyl (C=O) groups is 3. The van der Waals surface area contributed by atoms with Crippen molar-refractivity contribution in [3.05, 3.63) is 59.7 Å². The highest BCUT2D eigenvalue weighted by molar-refractivity contribution is 7.91. The van der Waals surface area contributed by atoms with Crippen LogP contribution in [0.4, 0.5) is 16.2 Å². The third-order valence-corrected chi connectivity index (χ3v) is 9.18. The van der Waals surface area contributed by atoms with Gasteiger partial charge in [-0.15, -0.1) is 0 Å². The predicted octanol–water partition coefficient (Wildman–Crippen LogP) is 4.43. The summed E-state index contributed by atoms with van der Waals surface area (Å²) < 4.78 is 25.7. The normalized spacial score (nSPS) is 18.0. The number of sulfonamides is 1. The maximum atomic E-state index is 13.7. The highest BCUT2D eigenvalue weighted by atomic mass is 32.2. The van der Waals surface area contributed by atoms with E-state index in [4.69, 9.17) is 4.99 Å². The van der Waals surface area contributed by atoms with Gasteiger partial charge < -0.3 is 15.5 Å². The molecule has 1 atom stereocenters. The van der Waals surface area contributed by atoms with Gasteiger partial charge in [-0.1, -0.05) is 44.0 Å². The number of para-hydroxylation sites is 1. The molecule has 1 fully saturated rings. The van der Waals surface area contributed by atoms with Crippen molar-refractivity contribution in [1.82, 2.24) is 10.0 Å². The smallest absolute Gasteiger partial charge is 0.308 e. The Morgan fingerprint density at radius 2 is 1.75 bits per heavy atom. The molecule has 40 heavy (non-hydrogen) atoms. The molecule has 0 radical (unpaired) electrons. The first-order valence-corrected chi connectivity index (χ1v) is 15.1. The second kappa shape index (κ2) is 11.8. The fourth-order valence-electron chi connectivity index (χ4n) is 4.89. The minimum absolute atomic E-state index is 0.0577. The fraction of sp³-hybridized carbons (Fsp3) is 0.448. The molecule has 1 aliphatic heterocycles. The van der Waals surface area contributed by atoms with Crippen molar-refractivity contribution < 1.29 is 22.8 Å². The Labute approximate surface area is 235 Å². The van der Waals surface area contributed by atoms with Gasteiger partial charge in [0.05, 0.1) is 16.1 Å². The summed E-state index contributed by atoms with van der Waals surface area (Å²) >= 11 is 0. The summed E-state index contributed by atoms with van der Waals surface area (Å²) in [5.41, 5.74) is 2.87. The molecule has 0 unspecified atom stereocenters. The molecule has 1 aliphatic carbocycles. The molecule has 0 saturated heterocycles. The molecule has 2 aromatic carbocycles. The number of urea groups is 1. The number of nitrogens with one attached hydrogen (secondary N) is 3. The Balaban J connectivity index is 1.56. The number of hydrogen-bond acceptors (Lipinski definition) is 6. The van der Waals surface area contributed by atoms with E-state index in [1.807, 2.05) is 31.2 Å². The number of fused-ring (bicyclic) bond motifs is 1. The van der Waals surface area contributed by atoms with Crippen LogP contribution in [-0.2, 0) is 14.8 Å². The molecule has 0 aromatic heterocycles. The van der Waals surface area contributed by atoms with Gasteiger partial charge in [0.25, 0.3) is 11.8 Å². The fourth-order valence-corrected chi connectivity index (χ4v) is 5.56. The average molecular weight is 568 g/mol. The van der Waals surface area contributed by atoms with Gasteiger partial charge in [0.15, 0.2) is 0 Å². The molecule has 10 nitrogen and oxygen atoms in total. The number of benzodiazepines with no additional fused rings is 1. The van der Waals surface area contributed by atoms with Crippen molar-refractivity contribution in [1.29, 1.82) is 0 Å². The van der Waals surface area contributed by atoms with Crippen molar-refractivity contribution in [2.75, 3.05) is 16.8 Å². The first-order valence-electron chi connectivity index (χ1n) is 13.6. The predicted molar refractivity (Wildman–Crippen MR) is 156 cm³/mol. The van der Waals surface area contributed by atoms with Crippen molar-refractivity contribution in [3.63, 3.8) is 0 Å². The largest absolute Gasteiger partial charge is 0.321 e. The molecule has 3 N–H and O–H groups in total. The molecule has 1 heterocycles. The van der Waals surface area contributed by atoms with Crippen LogP contribution < -0.4 is 20.3 Å². The van der Waals surface area contributed by atoms with Crippen LogP contribution in [0.25, 0.3) is 0 Å². The van der Waals surface area contributed by atoms with Crippen LogP contribution in [-0.4, -0.2) is 49.4 Å². The number of benzene rings is 2. The molecule has 214 valence electrons. The first-order chi connectivity index (χ1) is 18.9. The molecular formula is C29H37N5O5S. The van der Waals surface area contributed by atoms with Crippen LogP contribution in [0.2, 0.25) is 0 Å². The zero-order valence-electron chi connectivity index (χ0n) is 23.4. The van der Waals surface area contributed by atoms with E-state index >= 15 is 0 Å². The minimum Gasteiger partial charge on any atom is -0.308 e. The summed E-state index contributed by atoms with van der Waals surface area (Å²) in [6, 6.07) is 13.0. The number of amides is 4. The van der Waals surface area contributed by atoms with Gasteiger partial charge in [-0.25, -0.2) is 17.9 Å². The summed E-state index contributed by atoms with van der Waals surface area (Å²) in [4.78, 5) is 45.9. The van der Waals surface area contributed by atoms with Crippen molar-refractivity contribution >= 4 is 45.0 Å². The van der Waals surface area contributed by atoms with Crippen molar-refractivity contribution in [3.8, 4) is 0 Å². The van der Waals surface area contributed by atoms with Crippen LogP contribution in [0.3, 0.4) is 0 Å². The lowest BCUT2D eigenvalue weighted by Crippen LogP contribution is -2.48. The number of rotatable bonds is 7. The molecule has 4 rings (SSSR count). The lowest BCUT2D eigenvalue weighted by atomic mass is 9.94. The second-order valence-electron chi connectivity index (χ2n) is 11.1. The molecule has 0 bridgehead atoms. The Morgan fingerprint density at radius 1 is 1.05 bits per heavy atom. The Bertz CT molecular complexity index is 1420. The molecule has 2 aromatic rings.